The maximum Gasteiger partial charge on any atom is 0.164 e. The molecule has 4 rings (SSSR count). The molecule has 128 valence electrons. The van der Waals surface area contributed by atoms with E-state index in [9.17, 15) is 4.39 Å². The van der Waals surface area contributed by atoms with Crippen molar-refractivity contribution in [2.45, 2.75) is 26.1 Å². The van der Waals surface area contributed by atoms with E-state index in [0.29, 0.717) is 33.0 Å². The van der Waals surface area contributed by atoms with Crippen molar-refractivity contribution >= 4 is 38.3 Å². The predicted octanol–water partition coefficient (Wildman–Crippen LogP) is 4.82. The fourth-order valence-electron chi connectivity index (χ4n) is 2.67. The van der Waals surface area contributed by atoms with Crippen LogP contribution in [0.4, 0.5) is 15.9 Å². The standard InChI is InChI=1S/C18H15BrFN3O2/c1-9-10(2)25-16-7-14-11(6-15(16)24-9)18(22-8-21-14)23-13-5-3-4-12(19)17(13)20/h3-10H,1-2H3,(H,21,22,23). The number of fused-ring (bicyclic) bond motifs is 2. The van der Waals surface area contributed by atoms with Crippen LogP contribution in [0, 0.1) is 5.82 Å². The van der Waals surface area contributed by atoms with Gasteiger partial charge in [0.2, 0.25) is 0 Å². The van der Waals surface area contributed by atoms with Crippen LogP contribution in [-0.2, 0) is 0 Å². The van der Waals surface area contributed by atoms with E-state index in [4.69, 9.17) is 9.47 Å². The zero-order valence-electron chi connectivity index (χ0n) is 13.6. The number of hydrogen-bond donors (Lipinski definition) is 1. The normalized spacial score (nSPS) is 19.0. The van der Waals surface area contributed by atoms with Crippen LogP contribution in [0.25, 0.3) is 10.9 Å². The molecule has 2 atom stereocenters. The number of anilines is 2. The van der Waals surface area contributed by atoms with Crippen molar-refractivity contribution in [3.05, 3.63) is 46.9 Å². The molecule has 0 radical (unpaired) electrons. The lowest BCUT2D eigenvalue weighted by molar-refractivity contribution is 0.0433. The Balaban J connectivity index is 1.80. The lowest BCUT2D eigenvalue weighted by Gasteiger charge is -2.30. The molecule has 0 bridgehead atoms. The predicted molar refractivity (Wildman–Crippen MR) is 97.1 cm³/mol. The van der Waals surface area contributed by atoms with E-state index in [2.05, 4.69) is 31.2 Å². The number of nitrogens with one attached hydrogen (secondary N) is 1. The minimum Gasteiger partial charge on any atom is -0.483 e. The second-order valence-electron chi connectivity index (χ2n) is 5.91. The highest BCUT2D eigenvalue weighted by Gasteiger charge is 2.25. The molecular formula is C18H15BrFN3O2. The van der Waals surface area contributed by atoms with Gasteiger partial charge in [0.1, 0.15) is 24.4 Å². The molecule has 2 unspecified atom stereocenters. The summed E-state index contributed by atoms with van der Waals surface area (Å²) in [6.07, 6.45) is 1.33. The van der Waals surface area contributed by atoms with Gasteiger partial charge in [0.05, 0.1) is 15.7 Å². The van der Waals surface area contributed by atoms with Crippen LogP contribution in [0.2, 0.25) is 0 Å². The Morgan fingerprint density at radius 2 is 1.80 bits per heavy atom. The summed E-state index contributed by atoms with van der Waals surface area (Å²) in [6.45, 7) is 3.91. The van der Waals surface area contributed by atoms with E-state index < -0.39 is 0 Å². The lowest BCUT2D eigenvalue weighted by atomic mass is 10.1. The molecule has 1 aromatic heterocycles. The summed E-state index contributed by atoms with van der Waals surface area (Å²) < 4.78 is 26.4. The molecule has 3 aromatic rings. The van der Waals surface area contributed by atoms with Crippen molar-refractivity contribution in [2.75, 3.05) is 5.32 Å². The highest BCUT2D eigenvalue weighted by Crippen LogP contribution is 2.39. The van der Waals surface area contributed by atoms with Crippen molar-refractivity contribution < 1.29 is 13.9 Å². The molecule has 1 aliphatic heterocycles. The van der Waals surface area contributed by atoms with Gasteiger partial charge in [-0.1, -0.05) is 6.07 Å². The molecule has 0 spiro atoms. The number of halogens is 2. The van der Waals surface area contributed by atoms with Crippen LogP contribution in [0.5, 0.6) is 11.5 Å². The molecule has 0 saturated carbocycles. The molecule has 2 aromatic carbocycles. The summed E-state index contributed by atoms with van der Waals surface area (Å²) in [5.41, 5.74) is 1.02. The minimum absolute atomic E-state index is 0.0415. The van der Waals surface area contributed by atoms with Crippen LogP contribution in [0.1, 0.15) is 13.8 Å². The summed E-state index contributed by atoms with van der Waals surface area (Å²) >= 11 is 3.19. The van der Waals surface area contributed by atoms with E-state index >= 15 is 0 Å². The first-order valence-electron chi connectivity index (χ1n) is 7.86. The molecule has 25 heavy (non-hydrogen) atoms. The number of rotatable bonds is 2. The van der Waals surface area contributed by atoms with E-state index in [-0.39, 0.29) is 18.0 Å². The quantitative estimate of drug-likeness (QED) is 0.664. The summed E-state index contributed by atoms with van der Waals surface area (Å²) in [7, 11) is 0. The third-order valence-electron chi connectivity index (χ3n) is 4.19. The molecular weight excluding hydrogens is 389 g/mol. The summed E-state index contributed by atoms with van der Waals surface area (Å²) in [5, 5.41) is 3.76. The van der Waals surface area contributed by atoms with E-state index in [0.717, 1.165) is 5.39 Å². The van der Waals surface area contributed by atoms with Gasteiger partial charge in [-0.3, -0.25) is 0 Å². The monoisotopic (exact) mass is 403 g/mol. The SMILES string of the molecule is CC1Oc2cc3ncnc(Nc4cccc(Br)c4F)c3cc2OC1C. The van der Waals surface area contributed by atoms with Gasteiger partial charge in [-0.05, 0) is 48.0 Å². The van der Waals surface area contributed by atoms with Gasteiger partial charge < -0.3 is 14.8 Å². The Morgan fingerprint density at radius 1 is 1.08 bits per heavy atom. The Hall–Kier alpha value is -2.41. The first kappa shape index (κ1) is 16.1. The van der Waals surface area contributed by atoms with E-state index in [1.807, 2.05) is 26.0 Å². The number of ether oxygens (including phenoxy) is 2. The third-order valence-corrected chi connectivity index (χ3v) is 4.80. The van der Waals surface area contributed by atoms with Crippen molar-refractivity contribution in [1.82, 2.24) is 9.97 Å². The van der Waals surface area contributed by atoms with Crippen LogP contribution in [0.3, 0.4) is 0 Å². The number of aromatic nitrogens is 2. The van der Waals surface area contributed by atoms with Gasteiger partial charge >= 0.3 is 0 Å². The van der Waals surface area contributed by atoms with Gasteiger partial charge in [0, 0.05) is 11.5 Å². The first-order chi connectivity index (χ1) is 12.0. The Bertz CT molecular complexity index is 966. The molecule has 1 N–H and O–H groups in total. The molecule has 0 amide bonds. The molecule has 0 fully saturated rings. The number of benzene rings is 2. The smallest absolute Gasteiger partial charge is 0.164 e. The average molecular weight is 404 g/mol. The second kappa shape index (κ2) is 6.15. The van der Waals surface area contributed by atoms with Crippen LogP contribution in [0.15, 0.2) is 41.1 Å². The minimum atomic E-state index is -0.380. The highest BCUT2D eigenvalue weighted by atomic mass is 79.9. The zero-order valence-corrected chi connectivity index (χ0v) is 15.2. The molecule has 1 aliphatic rings. The van der Waals surface area contributed by atoms with Crippen molar-refractivity contribution in [3.63, 3.8) is 0 Å². The first-order valence-corrected chi connectivity index (χ1v) is 8.65. The van der Waals surface area contributed by atoms with Gasteiger partial charge in [-0.2, -0.15) is 0 Å². The highest BCUT2D eigenvalue weighted by molar-refractivity contribution is 9.10. The lowest BCUT2D eigenvalue weighted by Crippen LogP contribution is -2.34. The molecule has 2 heterocycles. The van der Waals surface area contributed by atoms with Gasteiger partial charge in [-0.15, -0.1) is 0 Å². The molecule has 5 nitrogen and oxygen atoms in total. The number of nitrogens with zero attached hydrogens (tertiary/aromatic N) is 2. The Morgan fingerprint density at radius 3 is 2.56 bits per heavy atom. The maximum absolute atomic E-state index is 14.3. The van der Waals surface area contributed by atoms with E-state index in [1.54, 1.807) is 18.2 Å². The maximum atomic E-state index is 14.3. The van der Waals surface area contributed by atoms with Gasteiger partial charge in [0.15, 0.2) is 17.3 Å². The molecule has 0 aliphatic carbocycles. The van der Waals surface area contributed by atoms with Crippen LogP contribution < -0.4 is 14.8 Å². The summed E-state index contributed by atoms with van der Waals surface area (Å²) in [4.78, 5) is 8.54. The fourth-order valence-corrected chi connectivity index (χ4v) is 3.03. The fraction of sp³-hybridized carbons (Fsp3) is 0.222. The topological polar surface area (TPSA) is 56.3 Å². The molecule has 7 heteroatoms. The zero-order chi connectivity index (χ0) is 17.6. The van der Waals surface area contributed by atoms with Crippen LogP contribution >= 0.6 is 15.9 Å². The van der Waals surface area contributed by atoms with Crippen molar-refractivity contribution in [1.29, 1.82) is 0 Å². The van der Waals surface area contributed by atoms with E-state index in [1.165, 1.54) is 6.33 Å². The largest absolute Gasteiger partial charge is 0.483 e. The van der Waals surface area contributed by atoms with Gasteiger partial charge in [0.25, 0.3) is 0 Å². The van der Waals surface area contributed by atoms with Crippen molar-refractivity contribution in [2.24, 2.45) is 0 Å². The van der Waals surface area contributed by atoms with Crippen molar-refractivity contribution in [3.8, 4) is 11.5 Å². The summed E-state index contributed by atoms with van der Waals surface area (Å²) in [5.74, 6) is 1.40. The van der Waals surface area contributed by atoms with Crippen LogP contribution in [-0.4, -0.2) is 22.2 Å². The second-order valence-corrected chi connectivity index (χ2v) is 6.77. The average Bonchev–Trinajstić information content (AvgIpc) is 2.59. The third kappa shape index (κ3) is 2.89. The summed E-state index contributed by atoms with van der Waals surface area (Å²) in [6, 6.07) is 8.68. The number of hydrogen-bond acceptors (Lipinski definition) is 5. The van der Waals surface area contributed by atoms with Gasteiger partial charge in [-0.25, -0.2) is 14.4 Å². The molecule has 0 saturated heterocycles. The Labute approximate surface area is 152 Å². The Kier molecular flexibility index (Phi) is 3.95.